The summed E-state index contributed by atoms with van der Waals surface area (Å²) in [7, 11) is 0. The molecule has 0 aromatic heterocycles. The predicted octanol–water partition coefficient (Wildman–Crippen LogP) is 3.55. The molecule has 0 radical (unpaired) electrons. The standard InChI is InChI=1S/C14H10ClF2NO/c15-11-3-1-9(2-4-11)8-18-14(19)10-5-12(16)7-13(17)6-10/h1-7H,8H2,(H,18,19). The maximum atomic E-state index is 13.0. The quantitative estimate of drug-likeness (QED) is 0.916. The molecule has 1 amide bonds. The van der Waals surface area contributed by atoms with Crippen molar-refractivity contribution in [2.24, 2.45) is 0 Å². The topological polar surface area (TPSA) is 29.1 Å². The molecule has 2 aromatic carbocycles. The van der Waals surface area contributed by atoms with E-state index >= 15 is 0 Å². The van der Waals surface area contributed by atoms with Crippen LogP contribution in [-0.4, -0.2) is 5.91 Å². The largest absolute Gasteiger partial charge is 0.348 e. The molecular formula is C14H10ClF2NO. The Morgan fingerprint density at radius 3 is 2.21 bits per heavy atom. The van der Waals surface area contributed by atoms with Crippen molar-refractivity contribution in [2.45, 2.75) is 6.54 Å². The highest BCUT2D eigenvalue weighted by molar-refractivity contribution is 6.30. The van der Waals surface area contributed by atoms with Crippen molar-refractivity contribution in [1.82, 2.24) is 5.32 Å². The molecule has 2 nitrogen and oxygen atoms in total. The number of hydrogen-bond acceptors (Lipinski definition) is 1. The van der Waals surface area contributed by atoms with Crippen LogP contribution in [0.2, 0.25) is 5.02 Å². The Hall–Kier alpha value is -1.94. The Morgan fingerprint density at radius 2 is 1.63 bits per heavy atom. The van der Waals surface area contributed by atoms with Gasteiger partial charge in [-0.15, -0.1) is 0 Å². The number of carbonyl (C=O) groups excluding carboxylic acids is 1. The molecule has 0 saturated heterocycles. The van der Waals surface area contributed by atoms with Crippen molar-refractivity contribution >= 4 is 17.5 Å². The summed E-state index contributed by atoms with van der Waals surface area (Å²) < 4.78 is 25.9. The number of carbonyl (C=O) groups is 1. The average molecular weight is 282 g/mol. The summed E-state index contributed by atoms with van der Waals surface area (Å²) in [6.07, 6.45) is 0. The first-order valence-corrected chi connectivity index (χ1v) is 5.91. The molecule has 5 heteroatoms. The first-order chi connectivity index (χ1) is 9.04. The highest BCUT2D eigenvalue weighted by Crippen LogP contribution is 2.10. The van der Waals surface area contributed by atoms with E-state index in [4.69, 9.17) is 11.6 Å². The number of hydrogen-bond donors (Lipinski definition) is 1. The van der Waals surface area contributed by atoms with Crippen LogP contribution >= 0.6 is 11.6 Å². The van der Waals surface area contributed by atoms with Gasteiger partial charge < -0.3 is 5.32 Å². The zero-order chi connectivity index (χ0) is 13.8. The predicted molar refractivity (Wildman–Crippen MR) is 69.0 cm³/mol. The van der Waals surface area contributed by atoms with Gasteiger partial charge >= 0.3 is 0 Å². The van der Waals surface area contributed by atoms with E-state index in [0.29, 0.717) is 5.02 Å². The maximum absolute atomic E-state index is 13.0. The minimum absolute atomic E-state index is 0.0496. The Bertz CT molecular complexity index is 579. The van der Waals surface area contributed by atoms with Crippen LogP contribution in [0, 0.1) is 11.6 Å². The second-order valence-electron chi connectivity index (χ2n) is 3.97. The van der Waals surface area contributed by atoms with Crippen LogP contribution in [-0.2, 0) is 6.54 Å². The molecule has 0 aliphatic carbocycles. The second kappa shape index (κ2) is 5.80. The summed E-state index contributed by atoms with van der Waals surface area (Å²) >= 11 is 5.73. The van der Waals surface area contributed by atoms with Crippen LogP contribution in [0.25, 0.3) is 0 Å². The summed E-state index contributed by atoms with van der Waals surface area (Å²) in [5.74, 6) is -2.10. The lowest BCUT2D eigenvalue weighted by Crippen LogP contribution is -2.23. The Morgan fingerprint density at radius 1 is 1.05 bits per heavy atom. The molecule has 2 aromatic rings. The summed E-state index contributed by atoms with van der Waals surface area (Å²) in [6, 6.07) is 9.61. The van der Waals surface area contributed by atoms with Crippen LogP contribution in [0.15, 0.2) is 42.5 Å². The molecule has 0 saturated carbocycles. The van der Waals surface area contributed by atoms with Gasteiger partial charge in [-0.3, -0.25) is 4.79 Å². The molecule has 0 aliphatic rings. The van der Waals surface area contributed by atoms with Crippen LogP contribution in [0.5, 0.6) is 0 Å². The highest BCUT2D eigenvalue weighted by Gasteiger charge is 2.08. The van der Waals surface area contributed by atoms with Crippen molar-refractivity contribution < 1.29 is 13.6 Å². The zero-order valence-electron chi connectivity index (χ0n) is 9.79. The number of halogens is 3. The van der Waals surface area contributed by atoms with E-state index in [1.165, 1.54) is 0 Å². The molecule has 0 spiro atoms. The van der Waals surface area contributed by atoms with Gasteiger partial charge in [-0.05, 0) is 29.8 Å². The van der Waals surface area contributed by atoms with E-state index in [0.717, 1.165) is 23.8 Å². The first-order valence-electron chi connectivity index (χ1n) is 5.53. The highest BCUT2D eigenvalue weighted by atomic mass is 35.5. The summed E-state index contributed by atoms with van der Waals surface area (Å²) in [5.41, 5.74) is 0.793. The van der Waals surface area contributed by atoms with Crippen molar-refractivity contribution in [2.75, 3.05) is 0 Å². The molecule has 98 valence electrons. The molecule has 0 unspecified atom stereocenters. The van der Waals surface area contributed by atoms with E-state index in [2.05, 4.69) is 5.32 Å². The Kier molecular flexibility index (Phi) is 4.12. The van der Waals surface area contributed by atoms with Crippen molar-refractivity contribution in [3.63, 3.8) is 0 Å². The zero-order valence-corrected chi connectivity index (χ0v) is 10.5. The van der Waals surface area contributed by atoms with Crippen LogP contribution in [0.3, 0.4) is 0 Å². The number of rotatable bonds is 3. The van der Waals surface area contributed by atoms with Gasteiger partial charge in [-0.25, -0.2) is 8.78 Å². The molecule has 0 fully saturated rings. The van der Waals surface area contributed by atoms with Gasteiger partial charge in [0, 0.05) is 23.2 Å². The lowest BCUT2D eigenvalue weighted by atomic mass is 10.2. The summed E-state index contributed by atoms with van der Waals surface area (Å²) in [6.45, 7) is 0.258. The molecule has 0 atom stereocenters. The second-order valence-corrected chi connectivity index (χ2v) is 4.40. The molecule has 0 bridgehead atoms. The summed E-state index contributed by atoms with van der Waals surface area (Å²) in [5, 5.41) is 3.17. The monoisotopic (exact) mass is 281 g/mol. The van der Waals surface area contributed by atoms with E-state index in [9.17, 15) is 13.6 Å². The lowest BCUT2D eigenvalue weighted by Gasteiger charge is -2.06. The molecular weight excluding hydrogens is 272 g/mol. The van der Waals surface area contributed by atoms with Gasteiger partial charge in [0.05, 0.1) is 0 Å². The van der Waals surface area contributed by atoms with Crippen molar-refractivity contribution in [3.8, 4) is 0 Å². The smallest absolute Gasteiger partial charge is 0.251 e. The van der Waals surface area contributed by atoms with E-state index in [-0.39, 0.29) is 12.1 Å². The normalized spacial score (nSPS) is 10.3. The van der Waals surface area contributed by atoms with Crippen molar-refractivity contribution in [1.29, 1.82) is 0 Å². The van der Waals surface area contributed by atoms with Gasteiger partial charge in [0.25, 0.3) is 5.91 Å². The minimum Gasteiger partial charge on any atom is -0.348 e. The van der Waals surface area contributed by atoms with E-state index < -0.39 is 17.5 Å². The lowest BCUT2D eigenvalue weighted by molar-refractivity contribution is 0.0950. The van der Waals surface area contributed by atoms with Gasteiger partial charge in [-0.2, -0.15) is 0 Å². The molecule has 0 aliphatic heterocycles. The number of benzene rings is 2. The van der Waals surface area contributed by atoms with Crippen molar-refractivity contribution in [3.05, 3.63) is 70.2 Å². The molecule has 19 heavy (non-hydrogen) atoms. The Balaban J connectivity index is 2.03. The van der Waals surface area contributed by atoms with Crippen LogP contribution < -0.4 is 5.32 Å². The molecule has 1 N–H and O–H groups in total. The summed E-state index contributed by atoms with van der Waals surface area (Å²) in [4.78, 5) is 11.7. The van der Waals surface area contributed by atoms with E-state index in [1.807, 2.05) is 0 Å². The fraction of sp³-hybridized carbons (Fsp3) is 0.0714. The minimum atomic E-state index is -0.781. The SMILES string of the molecule is O=C(NCc1ccc(Cl)cc1)c1cc(F)cc(F)c1. The van der Waals surface area contributed by atoms with Gasteiger partial charge in [0.2, 0.25) is 0 Å². The fourth-order valence-electron chi connectivity index (χ4n) is 1.57. The van der Waals surface area contributed by atoms with E-state index in [1.54, 1.807) is 24.3 Å². The molecule has 2 rings (SSSR count). The maximum Gasteiger partial charge on any atom is 0.251 e. The van der Waals surface area contributed by atoms with Gasteiger partial charge in [0.15, 0.2) is 0 Å². The van der Waals surface area contributed by atoms with Crippen LogP contribution in [0.1, 0.15) is 15.9 Å². The Labute approximate surface area is 114 Å². The third-order valence-corrected chi connectivity index (χ3v) is 2.74. The third-order valence-electron chi connectivity index (χ3n) is 2.49. The first kappa shape index (κ1) is 13.5. The van der Waals surface area contributed by atoms with Gasteiger partial charge in [0.1, 0.15) is 11.6 Å². The number of amides is 1. The van der Waals surface area contributed by atoms with Gasteiger partial charge in [-0.1, -0.05) is 23.7 Å². The number of nitrogens with one attached hydrogen (secondary N) is 1. The fourth-order valence-corrected chi connectivity index (χ4v) is 1.70. The average Bonchev–Trinajstić information content (AvgIpc) is 2.36. The van der Waals surface area contributed by atoms with Crippen LogP contribution in [0.4, 0.5) is 8.78 Å². The molecule has 0 heterocycles. The third kappa shape index (κ3) is 3.76.